The van der Waals surface area contributed by atoms with Crippen LogP contribution in [0.15, 0.2) is 18.5 Å². The van der Waals surface area contributed by atoms with Crippen molar-refractivity contribution in [2.75, 3.05) is 11.4 Å². The summed E-state index contributed by atoms with van der Waals surface area (Å²) < 4.78 is 31.9. The molecule has 4 rings (SSSR count). The number of fused-ring (bicyclic) bond motifs is 1. The summed E-state index contributed by atoms with van der Waals surface area (Å²) in [6, 6.07) is 2.84. The highest BCUT2D eigenvalue weighted by molar-refractivity contribution is 7.71. The minimum Gasteiger partial charge on any atom is -0.349 e. The predicted octanol–water partition coefficient (Wildman–Crippen LogP) is 3.44. The van der Waals surface area contributed by atoms with E-state index in [1.807, 2.05) is 9.47 Å². The van der Waals surface area contributed by atoms with E-state index in [0.29, 0.717) is 36.1 Å². The fourth-order valence-corrected chi connectivity index (χ4v) is 3.39. The molecule has 2 aromatic rings. The molecule has 0 N–H and O–H groups in total. The van der Waals surface area contributed by atoms with Gasteiger partial charge in [0.2, 0.25) is 0 Å². The monoisotopic (exact) mass is 322 g/mol. The molecule has 4 nitrogen and oxygen atoms in total. The Bertz CT molecular complexity index is 778. The van der Waals surface area contributed by atoms with Gasteiger partial charge in [-0.15, -0.1) is 0 Å². The van der Waals surface area contributed by atoms with E-state index in [1.165, 1.54) is 6.07 Å². The summed E-state index contributed by atoms with van der Waals surface area (Å²) in [7, 11) is 0. The zero-order valence-electron chi connectivity index (χ0n) is 12.0. The third-order valence-electron chi connectivity index (χ3n) is 4.30. The van der Waals surface area contributed by atoms with Crippen molar-refractivity contribution in [3.63, 3.8) is 0 Å². The van der Waals surface area contributed by atoms with Crippen molar-refractivity contribution < 1.29 is 8.78 Å². The van der Waals surface area contributed by atoms with Crippen LogP contribution in [0.5, 0.6) is 0 Å². The van der Waals surface area contributed by atoms with Crippen LogP contribution >= 0.6 is 12.2 Å². The van der Waals surface area contributed by atoms with E-state index >= 15 is 0 Å². The first-order valence-corrected chi connectivity index (χ1v) is 7.91. The maximum atomic E-state index is 14.2. The number of aromatic nitrogens is 3. The van der Waals surface area contributed by atoms with Crippen molar-refractivity contribution in [2.45, 2.75) is 38.4 Å². The fraction of sp³-hybridized carbons (Fsp3) is 0.467. The van der Waals surface area contributed by atoms with Gasteiger partial charge in [0.25, 0.3) is 0 Å². The fourth-order valence-electron chi connectivity index (χ4n) is 3.09. The predicted molar refractivity (Wildman–Crippen MR) is 81.3 cm³/mol. The van der Waals surface area contributed by atoms with E-state index in [2.05, 4.69) is 5.10 Å². The van der Waals surface area contributed by atoms with Crippen molar-refractivity contribution in [1.29, 1.82) is 0 Å². The SMILES string of the molecule is Fc1cc(F)c2c(c1)CCCN2Cn1ncn(C2CC2)c1=S. The normalized spacial score (nSPS) is 17.6. The molecule has 0 atom stereocenters. The number of anilines is 1. The molecule has 1 aromatic heterocycles. The van der Waals surface area contributed by atoms with Crippen molar-refractivity contribution in [3.8, 4) is 0 Å². The van der Waals surface area contributed by atoms with E-state index in [4.69, 9.17) is 12.2 Å². The molecule has 1 fully saturated rings. The Morgan fingerprint density at radius 1 is 1.27 bits per heavy atom. The molecule has 2 aliphatic rings. The summed E-state index contributed by atoms with van der Waals surface area (Å²) in [6.07, 6.45) is 5.60. The van der Waals surface area contributed by atoms with E-state index in [1.54, 1.807) is 11.0 Å². The third-order valence-corrected chi connectivity index (χ3v) is 4.72. The molecule has 7 heteroatoms. The molecule has 0 saturated heterocycles. The van der Waals surface area contributed by atoms with Crippen LogP contribution in [0.1, 0.15) is 30.9 Å². The Labute approximate surface area is 132 Å². The van der Waals surface area contributed by atoms with Gasteiger partial charge in [-0.2, -0.15) is 5.10 Å². The highest BCUT2D eigenvalue weighted by Gasteiger charge is 2.26. The first kappa shape index (κ1) is 13.9. The zero-order valence-corrected chi connectivity index (χ0v) is 12.8. The van der Waals surface area contributed by atoms with Gasteiger partial charge in [0.15, 0.2) is 4.77 Å². The van der Waals surface area contributed by atoms with Crippen molar-refractivity contribution in [3.05, 3.63) is 40.4 Å². The Morgan fingerprint density at radius 3 is 2.86 bits per heavy atom. The molecule has 0 bridgehead atoms. The Hall–Kier alpha value is -1.76. The van der Waals surface area contributed by atoms with Gasteiger partial charge < -0.3 is 9.47 Å². The van der Waals surface area contributed by atoms with Crippen LogP contribution in [0.2, 0.25) is 0 Å². The number of rotatable bonds is 3. The molecule has 0 amide bonds. The molecule has 2 heterocycles. The largest absolute Gasteiger partial charge is 0.349 e. The van der Waals surface area contributed by atoms with Crippen LogP contribution in [-0.4, -0.2) is 20.9 Å². The lowest BCUT2D eigenvalue weighted by Crippen LogP contribution is -2.33. The van der Waals surface area contributed by atoms with Crippen molar-refractivity contribution >= 4 is 17.9 Å². The Kier molecular flexibility index (Phi) is 3.25. The van der Waals surface area contributed by atoms with Crippen LogP contribution in [0.25, 0.3) is 0 Å². The molecule has 0 radical (unpaired) electrons. The molecule has 1 aliphatic heterocycles. The van der Waals surface area contributed by atoms with Gasteiger partial charge in [0, 0.05) is 18.7 Å². The highest BCUT2D eigenvalue weighted by atomic mass is 32.1. The molecule has 116 valence electrons. The lowest BCUT2D eigenvalue weighted by Gasteiger charge is -2.31. The maximum Gasteiger partial charge on any atom is 0.199 e. The van der Waals surface area contributed by atoms with Crippen LogP contribution in [0, 0.1) is 16.4 Å². The van der Waals surface area contributed by atoms with Gasteiger partial charge >= 0.3 is 0 Å². The summed E-state index contributed by atoms with van der Waals surface area (Å²) in [4.78, 5) is 1.90. The molecule has 0 unspecified atom stereocenters. The summed E-state index contributed by atoms with van der Waals surface area (Å²) in [5, 5.41) is 4.33. The third kappa shape index (κ3) is 2.33. The average molecular weight is 322 g/mol. The number of benzene rings is 1. The smallest absolute Gasteiger partial charge is 0.199 e. The van der Waals surface area contributed by atoms with Gasteiger partial charge in [-0.3, -0.25) is 0 Å². The lowest BCUT2D eigenvalue weighted by atomic mass is 10.0. The number of aryl methyl sites for hydroxylation is 1. The minimum absolute atomic E-state index is 0.397. The van der Waals surface area contributed by atoms with Crippen molar-refractivity contribution in [2.24, 2.45) is 0 Å². The maximum absolute atomic E-state index is 14.2. The second kappa shape index (κ2) is 5.15. The number of hydrogen-bond donors (Lipinski definition) is 0. The molecular formula is C15H16F2N4S. The van der Waals surface area contributed by atoms with Crippen LogP contribution < -0.4 is 4.90 Å². The van der Waals surface area contributed by atoms with Crippen LogP contribution in [0.4, 0.5) is 14.5 Å². The molecule has 1 saturated carbocycles. The Balaban J connectivity index is 1.66. The van der Waals surface area contributed by atoms with Gasteiger partial charge in [-0.1, -0.05) is 0 Å². The van der Waals surface area contributed by atoms with Crippen molar-refractivity contribution in [1.82, 2.24) is 14.3 Å². The average Bonchev–Trinajstić information content (AvgIpc) is 3.25. The van der Waals surface area contributed by atoms with Gasteiger partial charge in [-0.05, 0) is 49.5 Å². The van der Waals surface area contributed by atoms with Crippen LogP contribution in [-0.2, 0) is 13.1 Å². The summed E-state index contributed by atoms with van der Waals surface area (Å²) in [5.41, 5.74) is 1.20. The summed E-state index contributed by atoms with van der Waals surface area (Å²) in [6.45, 7) is 1.11. The van der Waals surface area contributed by atoms with Gasteiger partial charge in [0.1, 0.15) is 24.6 Å². The molecule has 1 aromatic carbocycles. The minimum atomic E-state index is -0.521. The summed E-state index contributed by atoms with van der Waals surface area (Å²) in [5.74, 6) is -1.03. The first-order chi connectivity index (χ1) is 10.6. The standard InChI is InChI=1S/C15H16F2N4S/c16-11-6-10-2-1-5-19(14(10)13(17)7-11)9-21-15(22)20(8-18-21)12-3-4-12/h6-8,12H,1-5,9H2. The van der Waals surface area contributed by atoms with E-state index < -0.39 is 11.6 Å². The quantitative estimate of drug-likeness (QED) is 0.810. The van der Waals surface area contributed by atoms with Crippen LogP contribution in [0.3, 0.4) is 0 Å². The first-order valence-electron chi connectivity index (χ1n) is 7.50. The number of nitrogens with zero attached hydrogens (tertiary/aromatic N) is 4. The number of hydrogen-bond acceptors (Lipinski definition) is 3. The second-order valence-electron chi connectivity index (χ2n) is 5.96. The Morgan fingerprint density at radius 2 is 2.09 bits per heavy atom. The number of halogens is 2. The second-order valence-corrected chi connectivity index (χ2v) is 6.32. The topological polar surface area (TPSA) is 26.0 Å². The highest BCUT2D eigenvalue weighted by Crippen LogP contribution is 2.35. The van der Waals surface area contributed by atoms with Gasteiger partial charge in [0.05, 0.1) is 5.69 Å². The van der Waals surface area contributed by atoms with E-state index in [9.17, 15) is 8.78 Å². The lowest BCUT2D eigenvalue weighted by molar-refractivity contribution is 0.514. The van der Waals surface area contributed by atoms with E-state index in [-0.39, 0.29) is 0 Å². The molecule has 0 spiro atoms. The van der Waals surface area contributed by atoms with Gasteiger partial charge in [-0.25, -0.2) is 13.5 Å². The molecule has 1 aliphatic carbocycles. The zero-order chi connectivity index (χ0) is 15.3. The molecule has 22 heavy (non-hydrogen) atoms. The molecular weight excluding hydrogens is 306 g/mol. The van der Waals surface area contributed by atoms with E-state index in [0.717, 1.165) is 30.9 Å². The summed E-state index contributed by atoms with van der Waals surface area (Å²) >= 11 is 5.45.